The molecule has 1 saturated heterocycles. The predicted molar refractivity (Wildman–Crippen MR) is 88.4 cm³/mol. The Kier molecular flexibility index (Phi) is 5.24. The number of thiophene rings is 1. The second kappa shape index (κ2) is 6.79. The summed E-state index contributed by atoms with van der Waals surface area (Å²) in [5.74, 6) is -0.158. The van der Waals surface area contributed by atoms with Gasteiger partial charge in [-0.3, -0.25) is 9.59 Å². The molecule has 1 atom stereocenters. The molecule has 22 heavy (non-hydrogen) atoms. The molecule has 0 aromatic carbocycles. The van der Waals surface area contributed by atoms with Gasteiger partial charge in [-0.2, -0.15) is 0 Å². The molecule has 1 aromatic heterocycles. The summed E-state index contributed by atoms with van der Waals surface area (Å²) in [4.78, 5) is 24.9. The Bertz CT molecular complexity index is 554. The number of anilines is 1. The topological polar surface area (TPSA) is 67.4 Å². The summed E-state index contributed by atoms with van der Waals surface area (Å²) < 4.78 is 5.50. The second-order valence-corrected chi connectivity index (χ2v) is 7.72. The van der Waals surface area contributed by atoms with Gasteiger partial charge in [0.1, 0.15) is 0 Å². The minimum atomic E-state index is -0.458. The van der Waals surface area contributed by atoms with E-state index in [9.17, 15) is 9.59 Å². The van der Waals surface area contributed by atoms with Crippen molar-refractivity contribution in [3.05, 3.63) is 16.5 Å². The van der Waals surface area contributed by atoms with Crippen LogP contribution >= 0.6 is 11.3 Å². The van der Waals surface area contributed by atoms with Crippen LogP contribution in [-0.4, -0.2) is 31.1 Å². The maximum absolute atomic E-state index is 12.2. The molecule has 2 amide bonds. The van der Waals surface area contributed by atoms with Crippen LogP contribution in [0, 0.1) is 12.3 Å². The first-order chi connectivity index (χ1) is 10.3. The average molecular weight is 324 g/mol. The Morgan fingerprint density at radius 2 is 2.14 bits per heavy atom. The normalized spacial score (nSPS) is 18.3. The van der Waals surface area contributed by atoms with Gasteiger partial charge >= 0.3 is 0 Å². The summed E-state index contributed by atoms with van der Waals surface area (Å²) in [5, 5.41) is 6.49. The number of hydrogen-bond donors (Lipinski definition) is 2. The van der Waals surface area contributed by atoms with Crippen molar-refractivity contribution in [2.24, 2.45) is 5.41 Å². The summed E-state index contributed by atoms with van der Waals surface area (Å²) in [7, 11) is 0. The molecule has 1 fully saturated rings. The summed E-state index contributed by atoms with van der Waals surface area (Å²) in [5.41, 5.74) is 0.416. The van der Waals surface area contributed by atoms with Crippen molar-refractivity contribution in [1.82, 2.24) is 5.32 Å². The number of rotatable bonds is 4. The fraction of sp³-hybridized carbons (Fsp3) is 0.625. The molecule has 5 nitrogen and oxygen atoms in total. The monoisotopic (exact) mass is 324 g/mol. The lowest BCUT2D eigenvalue weighted by molar-refractivity contribution is -0.123. The highest BCUT2D eigenvalue weighted by Gasteiger charge is 2.23. The SMILES string of the molecule is Cc1cc(NC(=O)C(C)(C)C)sc1C(=O)NCC1CCCO1. The smallest absolute Gasteiger partial charge is 0.261 e. The average Bonchev–Trinajstić information content (AvgIpc) is 3.04. The number of hydrogen-bond acceptors (Lipinski definition) is 4. The molecule has 1 aromatic rings. The van der Waals surface area contributed by atoms with Crippen LogP contribution < -0.4 is 10.6 Å². The van der Waals surface area contributed by atoms with E-state index < -0.39 is 5.41 Å². The van der Waals surface area contributed by atoms with Gasteiger partial charge in [0.2, 0.25) is 5.91 Å². The van der Waals surface area contributed by atoms with Crippen LogP contribution in [0.2, 0.25) is 0 Å². The van der Waals surface area contributed by atoms with E-state index in [1.807, 2.05) is 33.8 Å². The van der Waals surface area contributed by atoms with Crippen LogP contribution in [0.1, 0.15) is 48.8 Å². The van der Waals surface area contributed by atoms with Crippen LogP contribution in [0.5, 0.6) is 0 Å². The quantitative estimate of drug-likeness (QED) is 0.895. The Morgan fingerprint density at radius 1 is 1.41 bits per heavy atom. The fourth-order valence-corrected chi connectivity index (χ4v) is 3.14. The van der Waals surface area contributed by atoms with E-state index in [1.54, 1.807) is 0 Å². The Morgan fingerprint density at radius 3 is 2.73 bits per heavy atom. The van der Waals surface area contributed by atoms with Crippen molar-refractivity contribution in [2.45, 2.75) is 46.6 Å². The zero-order chi connectivity index (χ0) is 16.3. The molecule has 122 valence electrons. The number of aryl methyl sites for hydroxylation is 1. The third-order valence-corrected chi connectivity index (χ3v) is 4.71. The number of carbonyl (C=O) groups is 2. The van der Waals surface area contributed by atoms with Crippen molar-refractivity contribution >= 4 is 28.2 Å². The van der Waals surface area contributed by atoms with Crippen molar-refractivity contribution < 1.29 is 14.3 Å². The predicted octanol–water partition coefficient (Wildman–Crippen LogP) is 2.95. The number of ether oxygens (including phenoxy) is 1. The number of carbonyl (C=O) groups excluding carboxylic acids is 2. The van der Waals surface area contributed by atoms with Gasteiger partial charge in [0.05, 0.1) is 16.0 Å². The molecular weight excluding hydrogens is 300 g/mol. The zero-order valence-electron chi connectivity index (χ0n) is 13.6. The maximum Gasteiger partial charge on any atom is 0.261 e. The van der Waals surface area contributed by atoms with E-state index >= 15 is 0 Å². The van der Waals surface area contributed by atoms with E-state index in [1.165, 1.54) is 11.3 Å². The fourth-order valence-electron chi connectivity index (χ4n) is 2.16. The first-order valence-electron chi connectivity index (χ1n) is 7.59. The molecule has 1 unspecified atom stereocenters. The van der Waals surface area contributed by atoms with Crippen LogP contribution in [0.3, 0.4) is 0 Å². The van der Waals surface area contributed by atoms with Gasteiger partial charge in [-0.15, -0.1) is 11.3 Å². The van der Waals surface area contributed by atoms with Gasteiger partial charge in [-0.1, -0.05) is 20.8 Å². The van der Waals surface area contributed by atoms with Gasteiger partial charge in [-0.25, -0.2) is 0 Å². The first-order valence-corrected chi connectivity index (χ1v) is 8.40. The van der Waals surface area contributed by atoms with Crippen LogP contribution in [-0.2, 0) is 9.53 Å². The lowest BCUT2D eigenvalue weighted by Gasteiger charge is -2.16. The van der Waals surface area contributed by atoms with Crippen molar-refractivity contribution in [2.75, 3.05) is 18.5 Å². The molecule has 1 aliphatic heterocycles. The first kappa shape index (κ1) is 17.0. The van der Waals surface area contributed by atoms with Crippen LogP contribution in [0.15, 0.2) is 6.07 Å². The Hall–Kier alpha value is -1.40. The van der Waals surface area contributed by atoms with Gasteiger partial charge in [-0.05, 0) is 31.4 Å². The lowest BCUT2D eigenvalue weighted by atomic mass is 9.96. The summed E-state index contributed by atoms with van der Waals surface area (Å²) in [6.07, 6.45) is 2.18. The summed E-state index contributed by atoms with van der Waals surface area (Å²) in [6.45, 7) is 8.78. The zero-order valence-corrected chi connectivity index (χ0v) is 14.4. The van der Waals surface area contributed by atoms with Crippen LogP contribution in [0.25, 0.3) is 0 Å². The van der Waals surface area contributed by atoms with Crippen molar-refractivity contribution in [3.63, 3.8) is 0 Å². The molecule has 6 heteroatoms. The van der Waals surface area contributed by atoms with Gasteiger partial charge in [0.15, 0.2) is 0 Å². The van der Waals surface area contributed by atoms with E-state index in [0.29, 0.717) is 16.4 Å². The van der Waals surface area contributed by atoms with E-state index in [-0.39, 0.29) is 17.9 Å². The van der Waals surface area contributed by atoms with Gasteiger partial charge in [0, 0.05) is 18.6 Å². The Balaban J connectivity index is 1.96. The van der Waals surface area contributed by atoms with Gasteiger partial charge in [0.25, 0.3) is 5.91 Å². The molecule has 0 spiro atoms. The molecule has 2 N–H and O–H groups in total. The molecular formula is C16H24N2O3S. The summed E-state index contributed by atoms with van der Waals surface area (Å²) >= 11 is 1.31. The second-order valence-electron chi connectivity index (χ2n) is 6.67. The van der Waals surface area contributed by atoms with Crippen molar-refractivity contribution in [3.8, 4) is 0 Å². The minimum Gasteiger partial charge on any atom is -0.376 e. The number of amides is 2. The largest absolute Gasteiger partial charge is 0.376 e. The maximum atomic E-state index is 12.2. The molecule has 2 heterocycles. The molecule has 0 aliphatic carbocycles. The Labute approximate surface area is 135 Å². The highest BCUT2D eigenvalue weighted by atomic mass is 32.1. The van der Waals surface area contributed by atoms with Gasteiger partial charge < -0.3 is 15.4 Å². The van der Waals surface area contributed by atoms with Crippen LogP contribution in [0.4, 0.5) is 5.00 Å². The third kappa shape index (κ3) is 4.30. The minimum absolute atomic E-state index is 0.0555. The van der Waals surface area contributed by atoms with E-state index in [0.717, 1.165) is 25.0 Å². The number of nitrogens with one attached hydrogen (secondary N) is 2. The molecule has 1 aliphatic rings. The molecule has 0 saturated carbocycles. The molecule has 0 bridgehead atoms. The van der Waals surface area contributed by atoms with Crippen molar-refractivity contribution in [1.29, 1.82) is 0 Å². The highest BCUT2D eigenvalue weighted by Crippen LogP contribution is 2.28. The highest BCUT2D eigenvalue weighted by molar-refractivity contribution is 7.18. The van der Waals surface area contributed by atoms with E-state index in [2.05, 4.69) is 10.6 Å². The molecule has 2 rings (SSSR count). The third-order valence-electron chi connectivity index (χ3n) is 3.56. The molecule has 0 radical (unpaired) electrons. The summed E-state index contributed by atoms with van der Waals surface area (Å²) in [6, 6.07) is 1.84. The standard InChI is InChI=1S/C16H24N2O3S/c1-10-8-12(18-15(20)16(2,3)4)22-13(10)14(19)17-9-11-6-5-7-21-11/h8,11H,5-7,9H2,1-4H3,(H,17,19)(H,18,20). The lowest BCUT2D eigenvalue weighted by Crippen LogP contribution is -2.31. The van der Waals surface area contributed by atoms with E-state index in [4.69, 9.17) is 4.74 Å².